The SMILES string of the molecule is CN1CCN(CC(=O)O)CCN(CC(=O)O)C(Cc2ccc(CC(=S)CCCCCCC[C@H](CC(=O)[C@H](CCCN=C(N)N)NC(=O)[C@H](CCCN=C(N)N)CC(=O)CC[C@H](NC(=O)c3ccc(NCc4cnc5nc(N)[nH]c(=O)c5n4)cc3)C(=O)O)C(=O)O)cc2)C1.O=C=O. The van der Waals surface area contributed by atoms with Gasteiger partial charge in [-0.05, 0) is 105 Å². The number of amides is 2. The number of rotatable bonds is 41. The molecule has 18 N–H and O–H groups in total. The van der Waals surface area contributed by atoms with Gasteiger partial charge in [-0.3, -0.25) is 63.1 Å². The van der Waals surface area contributed by atoms with E-state index in [2.05, 4.69) is 50.8 Å². The van der Waals surface area contributed by atoms with Crippen LogP contribution in [0.4, 0.5) is 11.6 Å². The van der Waals surface area contributed by atoms with E-state index >= 15 is 0 Å². The minimum absolute atomic E-state index is 0.00389. The van der Waals surface area contributed by atoms with E-state index in [1.807, 2.05) is 41.1 Å². The van der Waals surface area contributed by atoms with E-state index in [9.17, 15) is 63.6 Å². The van der Waals surface area contributed by atoms with Crippen molar-refractivity contribution in [1.82, 2.24) is 45.3 Å². The number of fused-ring (bicyclic) bond motifs is 1. The second-order valence-electron chi connectivity index (χ2n) is 23.5. The summed E-state index contributed by atoms with van der Waals surface area (Å²) in [6.45, 7) is 2.82. The normalized spacial score (nSPS) is 14.8. The van der Waals surface area contributed by atoms with Crippen LogP contribution >= 0.6 is 12.2 Å². The Morgan fingerprint density at radius 3 is 1.96 bits per heavy atom. The Bertz CT molecular complexity index is 3410. The molecule has 0 aliphatic carbocycles. The number of nitrogens with two attached hydrogens (primary N) is 5. The number of likely N-dealkylation sites (N-methyl/N-ethyl adjacent to an activating group) is 1. The standard InChI is InChI=1S/C62H89N17O13S.CO2/c1-77-25-26-78(36-51(82)83)27-28-79(37-52(84)85)45(35-77)29-38-13-15-39(16-14-38)30-47(93)11-6-4-2-3-5-9-42(58(89)90)32-50(81)48(12-8-24-69-61(65)66)73-56(87)41(10-7-23-68-60(63)64)31-46(80)21-22-49(59(91)92)74-55(86)40-17-19-43(20-18-40)70-33-44-34-71-54-53(72-44)57(88)76-62(67)75-54;2-1-3/h13-20,34,41-42,45,48-49,70H,2-12,21-33,35-37H2,1H3,(H,73,87)(H,74,86)(H,82,83)(H,84,85)(H,89,90)(H,91,92)(H4,63,64,68)(H4,65,66,69)(H3,67,71,75,76,88);/t41-,42-,45?,48+,49+;/m1./s1. The summed E-state index contributed by atoms with van der Waals surface area (Å²) in [5.74, 6) is -9.45. The zero-order valence-corrected chi connectivity index (χ0v) is 54.6. The number of aliphatic carboxylic acids is 4. The van der Waals surface area contributed by atoms with Gasteiger partial charge in [-0.25, -0.2) is 14.8 Å². The van der Waals surface area contributed by atoms with Crippen molar-refractivity contribution >= 4 is 105 Å². The van der Waals surface area contributed by atoms with Crippen LogP contribution in [0.1, 0.15) is 123 Å². The third-order valence-corrected chi connectivity index (χ3v) is 16.2. The molecule has 32 nitrogen and oxygen atoms in total. The number of nitrogens with zero attached hydrogens (tertiary/aromatic N) is 8. The molecule has 522 valence electrons. The van der Waals surface area contributed by atoms with Gasteiger partial charge in [0.15, 0.2) is 28.9 Å². The molecule has 5 atom stereocenters. The van der Waals surface area contributed by atoms with E-state index in [-0.39, 0.29) is 137 Å². The van der Waals surface area contributed by atoms with Gasteiger partial charge < -0.3 is 69.9 Å². The number of H-pyrrole nitrogens is 1. The van der Waals surface area contributed by atoms with Crippen LogP contribution in [0, 0.1) is 11.8 Å². The second-order valence-corrected chi connectivity index (χ2v) is 24.1. The molecule has 3 heterocycles. The smallest absolute Gasteiger partial charge is 0.373 e. The van der Waals surface area contributed by atoms with Crippen LogP contribution in [-0.4, -0.2) is 209 Å². The van der Waals surface area contributed by atoms with Crippen LogP contribution < -0.4 is 50.2 Å². The fraction of sp³-hybridized carbons (Fsp3) is 0.524. The number of nitrogen functional groups attached to an aromatic ring is 1. The number of carboxylic acids is 4. The van der Waals surface area contributed by atoms with Crippen LogP contribution in [0.25, 0.3) is 11.2 Å². The Hall–Kier alpha value is -9.69. The lowest BCUT2D eigenvalue weighted by Crippen LogP contribution is -2.47. The zero-order chi connectivity index (χ0) is 70.7. The third-order valence-electron chi connectivity index (χ3n) is 15.9. The summed E-state index contributed by atoms with van der Waals surface area (Å²) in [5, 5.41) is 47.7. The molecule has 2 aromatic carbocycles. The maximum atomic E-state index is 14.1. The van der Waals surface area contributed by atoms with Crippen molar-refractivity contribution in [3.8, 4) is 0 Å². The van der Waals surface area contributed by atoms with Crippen molar-refractivity contribution in [2.75, 3.05) is 77.0 Å². The summed E-state index contributed by atoms with van der Waals surface area (Å²) >= 11 is 5.76. The molecular weight excluding hydrogens is 1270 g/mol. The van der Waals surface area contributed by atoms with Gasteiger partial charge in [-0.1, -0.05) is 62.2 Å². The highest BCUT2D eigenvalue weighted by molar-refractivity contribution is 7.80. The number of unbranched alkanes of at least 4 members (excludes halogenated alkanes) is 4. The highest BCUT2D eigenvalue weighted by Gasteiger charge is 2.32. The van der Waals surface area contributed by atoms with Crippen LogP contribution in [0.3, 0.4) is 0 Å². The van der Waals surface area contributed by atoms with Gasteiger partial charge >= 0.3 is 30.0 Å². The van der Waals surface area contributed by atoms with Crippen molar-refractivity contribution in [2.45, 2.75) is 134 Å². The quantitative estimate of drug-likeness (QED) is 0.0128. The van der Waals surface area contributed by atoms with Crippen LogP contribution in [-0.2, 0) is 62.5 Å². The topological polar surface area (TPSA) is 524 Å². The second kappa shape index (κ2) is 41.9. The van der Waals surface area contributed by atoms with Crippen LogP contribution in [0.2, 0.25) is 0 Å². The first kappa shape index (κ1) is 78.8. The molecule has 0 bridgehead atoms. The highest BCUT2D eigenvalue weighted by Crippen LogP contribution is 2.22. The number of carbonyl (C=O) groups excluding carboxylic acids is 6. The number of anilines is 2. The number of Topliss-reactive ketones (excluding diaryl/α,β-unsaturated/α-hetero) is 2. The number of benzene rings is 2. The van der Waals surface area contributed by atoms with Crippen molar-refractivity contribution in [3.63, 3.8) is 0 Å². The lowest BCUT2D eigenvalue weighted by molar-refractivity contribution is -0.192. The fourth-order valence-corrected chi connectivity index (χ4v) is 11.1. The molecule has 33 heteroatoms. The van der Waals surface area contributed by atoms with Gasteiger partial charge in [-0.15, -0.1) is 0 Å². The molecule has 96 heavy (non-hydrogen) atoms. The molecule has 2 aromatic heterocycles. The van der Waals surface area contributed by atoms with Gasteiger partial charge in [0.25, 0.3) is 11.5 Å². The molecule has 1 fully saturated rings. The van der Waals surface area contributed by atoms with E-state index in [1.54, 1.807) is 12.1 Å². The Morgan fingerprint density at radius 2 is 1.32 bits per heavy atom. The molecule has 5 rings (SSSR count). The highest BCUT2D eigenvalue weighted by atomic mass is 32.1. The van der Waals surface area contributed by atoms with E-state index in [1.165, 1.54) is 18.3 Å². The predicted molar refractivity (Wildman–Crippen MR) is 358 cm³/mol. The number of thiocarbonyl (C=S) groups is 1. The van der Waals surface area contributed by atoms with Crippen molar-refractivity contribution in [2.24, 2.45) is 44.8 Å². The Morgan fingerprint density at radius 1 is 0.708 bits per heavy atom. The van der Waals surface area contributed by atoms with E-state index < -0.39 is 76.7 Å². The molecule has 0 saturated carbocycles. The van der Waals surface area contributed by atoms with Crippen molar-refractivity contribution in [3.05, 3.63) is 87.5 Å². The molecule has 0 radical (unpaired) electrons. The van der Waals surface area contributed by atoms with Gasteiger partial charge in [0, 0.05) is 94.7 Å². The summed E-state index contributed by atoms with van der Waals surface area (Å²) in [7, 11) is 1.96. The summed E-state index contributed by atoms with van der Waals surface area (Å²) in [6, 6.07) is 11.5. The maximum absolute atomic E-state index is 14.1. The number of aromatic nitrogens is 4. The van der Waals surface area contributed by atoms with Crippen LogP contribution in [0.5, 0.6) is 0 Å². The number of carbonyl (C=O) groups is 8. The number of carboxylic acid groups (broad SMARTS) is 4. The molecule has 1 aliphatic heterocycles. The number of aromatic amines is 1. The third kappa shape index (κ3) is 30.2. The first-order chi connectivity index (χ1) is 45.7. The van der Waals surface area contributed by atoms with E-state index in [0.29, 0.717) is 69.8 Å². The maximum Gasteiger partial charge on any atom is 0.373 e. The predicted octanol–water partition coefficient (Wildman–Crippen LogP) is 1.09. The number of ketones is 2. The van der Waals surface area contributed by atoms with E-state index in [4.69, 9.17) is 50.5 Å². The lowest BCUT2D eigenvalue weighted by atomic mass is 9.90. The summed E-state index contributed by atoms with van der Waals surface area (Å²) in [6.07, 6.45) is 6.74. The lowest BCUT2D eigenvalue weighted by Gasteiger charge is -2.32. The Kier molecular flexibility index (Phi) is 34.4. The average Bonchev–Trinajstić information content (AvgIpc) is 0.844. The average molecular weight is 1360 g/mol. The number of aliphatic imine (C=N–C) groups is 2. The number of hydrogen-bond donors (Lipinski definition) is 13. The fourth-order valence-electron chi connectivity index (χ4n) is 10.8. The monoisotopic (exact) mass is 1360 g/mol. The molecule has 0 spiro atoms. The van der Waals surface area contributed by atoms with E-state index in [0.717, 1.165) is 41.7 Å². The number of nitrogens with one attached hydrogen (secondary N) is 4. The molecular formula is C63H89N17O15S. The number of guanidine groups is 2. The molecule has 1 saturated heterocycles. The zero-order valence-electron chi connectivity index (χ0n) is 53.8. The first-order valence-corrected chi connectivity index (χ1v) is 31.9. The Balaban J connectivity index is 0.00000641. The summed E-state index contributed by atoms with van der Waals surface area (Å²) in [4.78, 5) is 161. The first-order valence-electron chi connectivity index (χ1n) is 31.5. The van der Waals surface area contributed by atoms with Gasteiger partial charge in [0.2, 0.25) is 11.9 Å². The van der Waals surface area contributed by atoms with Crippen molar-refractivity contribution in [1.29, 1.82) is 0 Å². The molecule has 1 unspecified atom stereocenters. The molecule has 4 aromatic rings. The minimum Gasteiger partial charge on any atom is -0.481 e. The van der Waals surface area contributed by atoms with Gasteiger partial charge in [0.05, 0.1) is 43.5 Å². The number of hydrogen-bond acceptors (Lipinski definition) is 22. The Labute approximate surface area is 559 Å². The molecule has 1 aliphatic rings. The van der Waals surface area contributed by atoms with Crippen LogP contribution in [0.15, 0.2) is 69.5 Å². The summed E-state index contributed by atoms with van der Waals surface area (Å²) in [5.41, 5.74) is 30.4. The molecule has 2 amide bonds. The van der Waals surface area contributed by atoms with Gasteiger partial charge in [0.1, 0.15) is 11.8 Å². The van der Waals surface area contributed by atoms with Crippen molar-refractivity contribution < 1.29 is 68.4 Å². The minimum atomic E-state index is -1.50. The largest absolute Gasteiger partial charge is 0.481 e. The summed E-state index contributed by atoms with van der Waals surface area (Å²) < 4.78 is 0. The van der Waals surface area contributed by atoms with Gasteiger partial charge in [-0.2, -0.15) is 14.6 Å².